The Morgan fingerprint density at radius 2 is 2.15 bits per heavy atom. The summed E-state index contributed by atoms with van der Waals surface area (Å²) in [6.45, 7) is 2.21. The smallest absolute Gasteiger partial charge is 0.337 e. The number of anilines is 1. The van der Waals surface area contributed by atoms with Gasteiger partial charge in [0.2, 0.25) is 11.9 Å². The van der Waals surface area contributed by atoms with E-state index in [4.69, 9.17) is 9.84 Å². The molecule has 2 atom stereocenters. The number of nitrogens with zero attached hydrogens (tertiary/aromatic N) is 2. The summed E-state index contributed by atoms with van der Waals surface area (Å²) in [4.78, 5) is 27.2. The SMILES string of the molecule is CCOc1n[nH]c(NC(=O)[C@@H]2CC=CC[C@@H]2C(=O)O)n1. The Morgan fingerprint density at radius 1 is 1.45 bits per heavy atom. The molecule has 0 unspecified atom stereocenters. The van der Waals surface area contributed by atoms with Gasteiger partial charge in [-0.15, -0.1) is 5.10 Å². The first-order valence-corrected chi connectivity index (χ1v) is 6.35. The lowest BCUT2D eigenvalue weighted by Crippen LogP contribution is -2.35. The number of carbonyl (C=O) groups is 2. The number of aromatic nitrogens is 3. The third kappa shape index (κ3) is 3.14. The highest BCUT2D eigenvalue weighted by Gasteiger charge is 2.34. The molecule has 2 rings (SSSR count). The molecule has 3 N–H and O–H groups in total. The maximum Gasteiger partial charge on any atom is 0.337 e. The normalized spacial score (nSPS) is 21.4. The second-order valence-electron chi connectivity index (χ2n) is 4.38. The number of hydrogen-bond donors (Lipinski definition) is 3. The first-order valence-electron chi connectivity index (χ1n) is 6.35. The minimum atomic E-state index is -0.970. The molecular weight excluding hydrogens is 264 g/mol. The predicted octanol–water partition coefficient (Wildman–Crippen LogP) is 0.809. The van der Waals surface area contributed by atoms with Crippen LogP contribution in [0.25, 0.3) is 0 Å². The molecule has 0 saturated heterocycles. The topological polar surface area (TPSA) is 117 Å². The zero-order chi connectivity index (χ0) is 14.5. The molecule has 0 fully saturated rings. The minimum absolute atomic E-state index is 0.140. The van der Waals surface area contributed by atoms with Crippen LogP contribution in [0.5, 0.6) is 6.01 Å². The maximum absolute atomic E-state index is 12.1. The quantitative estimate of drug-likeness (QED) is 0.687. The van der Waals surface area contributed by atoms with Crippen LogP contribution in [0.3, 0.4) is 0 Å². The van der Waals surface area contributed by atoms with Gasteiger partial charge in [-0.2, -0.15) is 4.98 Å². The van der Waals surface area contributed by atoms with Gasteiger partial charge in [-0.05, 0) is 19.8 Å². The molecular formula is C12H16N4O4. The molecule has 0 radical (unpaired) electrons. The molecule has 1 aliphatic carbocycles. The molecule has 8 nitrogen and oxygen atoms in total. The van der Waals surface area contributed by atoms with Crippen molar-refractivity contribution in [3.8, 4) is 6.01 Å². The van der Waals surface area contributed by atoms with Gasteiger partial charge in [-0.25, -0.2) is 5.10 Å². The summed E-state index contributed by atoms with van der Waals surface area (Å²) in [5.41, 5.74) is 0. The van der Waals surface area contributed by atoms with E-state index in [1.54, 1.807) is 13.0 Å². The number of aliphatic carboxylic acids is 1. The van der Waals surface area contributed by atoms with Gasteiger partial charge in [-0.3, -0.25) is 14.9 Å². The minimum Gasteiger partial charge on any atom is -0.481 e. The number of nitrogens with one attached hydrogen (secondary N) is 2. The van der Waals surface area contributed by atoms with Crippen molar-refractivity contribution in [1.29, 1.82) is 0 Å². The summed E-state index contributed by atoms with van der Waals surface area (Å²) in [6, 6.07) is 0.140. The van der Waals surface area contributed by atoms with Gasteiger partial charge >= 0.3 is 12.0 Å². The van der Waals surface area contributed by atoms with Crippen molar-refractivity contribution in [2.45, 2.75) is 19.8 Å². The number of amides is 1. The van der Waals surface area contributed by atoms with E-state index in [2.05, 4.69) is 20.5 Å². The lowest BCUT2D eigenvalue weighted by Gasteiger charge is -2.23. The molecule has 0 saturated carbocycles. The van der Waals surface area contributed by atoms with Crippen molar-refractivity contribution >= 4 is 17.8 Å². The number of allylic oxidation sites excluding steroid dienone is 2. The fraction of sp³-hybridized carbons (Fsp3) is 0.500. The Balaban J connectivity index is 2.02. The van der Waals surface area contributed by atoms with Crippen molar-refractivity contribution in [2.24, 2.45) is 11.8 Å². The van der Waals surface area contributed by atoms with Gasteiger partial charge in [0, 0.05) is 0 Å². The highest BCUT2D eigenvalue weighted by Crippen LogP contribution is 2.26. The highest BCUT2D eigenvalue weighted by molar-refractivity contribution is 5.94. The average molecular weight is 280 g/mol. The predicted molar refractivity (Wildman–Crippen MR) is 69.2 cm³/mol. The number of hydrogen-bond acceptors (Lipinski definition) is 5. The number of carboxylic acid groups (broad SMARTS) is 1. The number of rotatable bonds is 5. The first-order chi connectivity index (χ1) is 9.61. The van der Waals surface area contributed by atoms with Crippen LogP contribution in [-0.2, 0) is 9.59 Å². The van der Waals surface area contributed by atoms with Crippen LogP contribution >= 0.6 is 0 Å². The summed E-state index contributed by atoms with van der Waals surface area (Å²) in [7, 11) is 0. The molecule has 0 aromatic carbocycles. The van der Waals surface area contributed by atoms with Crippen LogP contribution in [-0.4, -0.2) is 38.8 Å². The standard InChI is InChI=1S/C12H16N4O4/c1-2-20-12-14-11(15-16-12)13-9(17)7-5-3-4-6-8(7)10(18)19/h3-4,7-8H,2,5-6H2,1H3,(H,18,19)(H2,13,14,15,16,17)/t7-,8+/m1/s1. The van der Waals surface area contributed by atoms with Crippen LogP contribution in [0.2, 0.25) is 0 Å². The third-order valence-corrected chi connectivity index (χ3v) is 3.07. The molecule has 8 heteroatoms. The molecule has 0 aliphatic heterocycles. The third-order valence-electron chi connectivity index (χ3n) is 3.07. The Bertz CT molecular complexity index is 525. The Morgan fingerprint density at radius 3 is 2.80 bits per heavy atom. The highest BCUT2D eigenvalue weighted by atomic mass is 16.5. The van der Waals surface area contributed by atoms with Gasteiger partial charge in [0.15, 0.2) is 0 Å². The number of H-pyrrole nitrogens is 1. The number of carboxylic acids is 1. The van der Waals surface area contributed by atoms with E-state index in [0.717, 1.165) is 0 Å². The molecule has 1 aliphatic rings. The average Bonchev–Trinajstić information content (AvgIpc) is 2.86. The fourth-order valence-electron chi connectivity index (χ4n) is 2.08. The molecule has 1 aromatic rings. The van der Waals surface area contributed by atoms with E-state index in [9.17, 15) is 9.59 Å². The largest absolute Gasteiger partial charge is 0.481 e. The van der Waals surface area contributed by atoms with E-state index in [1.165, 1.54) is 0 Å². The summed E-state index contributed by atoms with van der Waals surface area (Å²) >= 11 is 0. The molecule has 1 heterocycles. The van der Waals surface area contributed by atoms with E-state index >= 15 is 0 Å². The van der Waals surface area contributed by atoms with E-state index in [1.807, 2.05) is 6.08 Å². The number of aromatic amines is 1. The van der Waals surface area contributed by atoms with Crippen LogP contribution in [0, 0.1) is 11.8 Å². The zero-order valence-corrected chi connectivity index (χ0v) is 11.0. The lowest BCUT2D eigenvalue weighted by atomic mass is 9.82. The van der Waals surface area contributed by atoms with Crippen LogP contribution in [0.15, 0.2) is 12.2 Å². The van der Waals surface area contributed by atoms with Gasteiger partial charge in [0.25, 0.3) is 0 Å². The molecule has 0 spiro atoms. The molecule has 1 amide bonds. The zero-order valence-electron chi connectivity index (χ0n) is 11.0. The van der Waals surface area contributed by atoms with Crippen molar-refractivity contribution in [1.82, 2.24) is 15.2 Å². The van der Waals surface area contributed by atoms with Gasteiger partial charge in [-0.1, -0.05) is 12.2 Å². The van der Waals surface area contributed by atoms with Crippen molar-refractivity contribution in [2.75, 3.05) is 11.9 Å². The van der Waals surface area contributed by atoms with E-state index in [0.29, 0.717) is 19.4 Å². The Kier molecular flexibility index (Phi) is 4.34. The number of ether oxygens (including phenoxy) is 1. The van der Waals surface area contributed by atoms with Crippen LogP contribution < -0.4 is 10.1 Å². The summed E-state index contributed by atoms with van der Waals surface area (Å²) in [5, 5.41) is 17.9. The van der Waals surface area contributed by atoms with Crippen LogP contribution in [0.1, 0.15) is 19.8 Å². The maximum atomic E-state index is 12.1. The van der Waals surface area contributed by atoms with Crippen molar-refractivity contribution < 1.29 is 19.4 Å². The number of carbonyl (C=O) groups excluding carboxylic acids is 1. The van der Waals surface area contributed by atoms with E-state index in [-0.39, 0.29) is 17.9 Å². The van der Waals surface area contributed by atoms with Crippen molar-refractivity contribution in [3.05, 3.63) is 12.2 Å². The first kappa shape index (κ1) is 14.0. The Labute approximate surface area is 115 Å². The fourth-order valence-corrected chi connectivity index (χ4v) is 2.08. The lowest BCUT2D eigenvalue weighted by molar-refractivity contribution is -0.146. The van der Waals surface area contributed by atoms with Crippen LogP contribution in [0.4, 0.5) is 5.95 Å². The molecule has 108 valence electrons. The van der Waals surface area contributed by atoms with Crippen molar-refractivity contribution in [3.63, 3.8) is 0 Å². The Hall–Kier alpha value is -2.38. The van der Waals surface area contributed by atoms with E-state index < -0.39 is 17.8 Å². The molecule has 0 bridgehead atoms. The summed E-state index contributed by atoms with van der Waals surface area (Å²) in [5.74, 6) is -2.53. The second kappa shape index (κ2) is 6.18. The molecule has 20 heavy (non-hydrogen) atoms. The summed E-state index contributed by atoms with van der Waals surface area (Å²) in [6.07, 6.45) is 4.35. The van der Waals surface area contributed by atoms with Gasteiger partial charge in [0.1, 0.15) is 0 Å². The molecule has 1 aromatic heterocycles. The second-order valence-corrected chi connectivity index (χ2v) is 4.38. The summed E-state index contributed by atoms with van der Waals surface area (Å²) < 4.78 is 5.06. The van der Waals surface area contributed by atoms with Gasteiger partial charge < -0.3 is 9.84 Å². The monoisotopic (exact) mass is 280 g/mol. The van der Waals surface area contributed by atoms with Gasteiger partial charge in [0.05, 0.1) is 18.4 Å².